The second-order valence-corrected chi connectivity index (χ2v) is 18.8. The third-order valence-electron chi connectivity index (χ3n) is 13.1. The molecule has 8 unspecified atom stereocenters. The average molecular weight is 872 g/mol. The van der Waals surface area contributed by atoms with Gasteiger partial charge in [-0.05, 0) is 12.8 Å². The van der Waals surface area contributed by atoms with Gasteiger partial charge in [-0.1, -0.05) is 245 Å². The van der Waals surface area contributed by atoms with Crippen molar-refractivity contribution in [2.75, 3.05) is 13.2 Å². The van der Waals surface area contributed by atoms with Crippen LogP contribution in [0.5, 0.6) is 0 Å². The van der Waals surface area contributed by atoms with Gasteiger partial charge in [0.1, 0.15) is 30.5 Å². The third-order valence-corrected chi connectivity index (χ3v) is 13.1. The van der Waals surface area contributed by atoms with E-state index in [2.05, 4.69) is 19.2 Å². The molecular weight excluding hydrogens is 771 g/mol. The zero-order valence-electron chi connectivity index (χ0n) is 39.8. The third kappa shape index (κ3) is 31.6. The van der Waals surface area contributed by atoms with Crippen molar-refractivity contribution >= 4 is 5.91 Å². The Morgan fingerprint density at radius 1 is 0.492 bits per heavy atom. The molecule has 1 heterocycles. The smallest absolute Gasteiger partial charge is 0.249 e. The van der Waals surface area contributed by atoms with Crippen LogP contribution in [0.25, 0.3) is 0 Å². The Labute approximate surface area is 375 Å². The molecule has 61 heavy (non-hydrogen) atoms. The lowest BCUT2D eigenvalue weighted by Crippen LogP contribution is -2.60. The van der Waals surface area contributed by atoms with E-state index in [-0.39, 0.29) is 6.61 Å². The van der Waals surface area contributed by atoms with Crippen molar-refractivity contribution in [3.63, 3.8) is 0 Å². The molecule has 0 spiro atoms. The van der Waals surface area contributed by atoms with Gasteiger partial charge >= 0.3 is 0 Å². The van der Waals surface area contributed by atoms with Crippen molar-refractivity contribution in [2.45, 2.75) is 307 Å². The SMILES string of the molecule is CCCCCCCCCCCCCCCCCCCCCCCCCC(O)C(=O)NC(COC1OC(CO)C(O)C(O)C1O)C(O)CCCCCCCCCCCCCCC. The van der Waals surface area contributed by atoms with E-state index >= 15 is 0 Å². The first-order chi connectivity index (χ1) is 29.8. The maximum Gasteiger partial charge on any atom is 0.249 e. The minimum Gasteiger partial charge on any atom is -0.394 e. The number of nitrogens with one attached hydrogen (secondary N) is 1. The molecule has 0 aromatic carbocycles. The van der Waals surface area contributed by atoms with Gasteiger partial charge in [-0.2, -0.15) is 0 Å². The van der Waals surface area contributed by atoms with Gasteiger partial charge in [0.25, 0.3) is 0 Å². The maximum absolute atomic E-state index is 13.1. The second-order valence-electron chi connectivity index (χ2n) is 18.8. The number of aliphatic hydroxyl groups is 6. The highest BCUT2D eigenvalue weighted by atomic mass is 16.7. The quantitative estimate of drug-likeness (QED) is 0.0295. The van der Waals surface area contributed by atoms with E-state index in [4.69, 9.17) is 9.47 Å². The Morgan fingerprint density at radius 2 is 0.820 bits per heavy atom. The van der Waals surface area contributed by atoms with E-state index in [1.807, 2.05) is 0 Å². The first-order valence-corrected chi connectivity index (χ1v) is 26.3. The largest absolute Gasteiger partial charge is 0.394 e. The fourth-order valence-electron chi connectivity index (χ4n) is 8.76. The van der Waals surface area contributed by atoms with Crippen molar-refractivity contribution in [3.05, 3.63) is 0 Å². The summed E-state index contributed by atoms with van der Waals surface area (Å²) in [6.45, 7) is 3.69. The number of carbonyl (C=O) groups is 1. The van der Waals surface area contributed by atoms with Crippen molar-refractivity contribution in [3.8, 4) is 0 Å². The normalized spacial score (nSPS) is 20.8. The van der Waals surface area contributed by atoms with Crippen LogP contribution in [0.2, 0.25) is 0 Å². The van der Waals surface area contributed by atoms with Crippen LogP contribution in [0.1, 0.15) is 258 Å². The zero-order chi connectivity index (χ0) is 44.6. The monoisotopic (exact) mass is 872 g/mol. The molecule has 1 aliphatic rings. The van der Waals surface area contributed by atoms with E-state index in [0.717, 1.165) is 44.9 Å². The molecule has 7 N–H and O–H groups in total. The van der Waals surface area contributed by atoms with Crippen LogP contribution in [0, 0.1) is 0 Å². The Hall–Kier alpha value is -0.850. The maximum atomic E-state index is 13.1. The summed E-state index contributed by atoms with van der Waals surface area (Å²) in [4.78, 5) is 13.1. The summed E-state index contributed by atoms with van der Waals surface area (Å²) in [7, 11) is 0. The van der Waals surface area contributed by atoms with Crippen molar-refractivity contribution < 1.29 is 44.9 Å². The standard InChI is InChI=1S/C51H101NO9/c1-3-5-7-9-11-13-15-17-18-19-20-21-22-23-24-25-26-28-30-32-34-36-38-40-45(55)50(59)52-43(42-60-51-49(58)48(57)47(56)46(41-53)61-51)44(54)39-37-35-33-31-29-27-16-14-12-10-8-6-4-2/h43-49,51,53-58H,3-42H2,1-2H3,(H,52,59). The first-order valence-electron chi connectivity index (χ1n) is 26.3. The molecule has 0 aliphatic carbocycles. The molecular formula is C51H101NO9. The highest BCUT2D eigenvalue weighted by Crippen LogP contribution is 2.23. The predicted molar refractivity (Wildman–Crippen MR) is 250 cm³/mol. The number of rotatable bonds is 45. The fraction of sp³-hybridized carbons (Fsp3) is 0.980. The zero-order valence-corrected chi connectivity index (χ0v) is 39.8. The Morgan fingerprint density at radius 3 is 1.16 bits per heavy atom. The van der Waals surface area contributed by atoms with Gasteiger partial charge in [0.2, 0.25) is 5.91 Å². The van der Waals surface area contributed by atoms with Crippen molar-refractivity contribution in [1.82, 2.24) is 5.32 Å². The number of ether oxygens (including phenoxy) is 2. The number of aliphatic hydroxyl groups excluding tert-OH is 6. The van der Waals surface area contributed by atoms with Crippen molar-refractivity contribution in [2.24, 2.45) is 0 Å². The van der Waals surface area contributed by atoms with Crippen LogP contribution in [-0.2, 0) is 14.3 Å². The van der Waals surface area contributed by atoms with Gasteiger partial charge in [0.15, 0.2) is 6.29 Å². The molecule has 364 valence electrons. The van der Waals surface area contributed by atoms with E-state index in [1.54, 1.807) is 0 Å². The summed E-state index contributed by atoms with van der Waals surface area (Å²) < 4.78 is 11.2. The molecule has 10 nitrogen and oxygen atoms in total. The molecule has 0 saturated carbocycles. The molecule has 1 aliphatic heterocycles. The van der Waals surface area contributed by atoms with Crippen LogP contribution < -0.4 is 5.32 Å². The molecule has 1 amide bonds. The number of hydrogen-bond acceptors (Lipinski definition) is 9. The molecule has 1 fully saturated rings. The summed E-state index contributed by atoms with van der Waals surface area (Å²) in [5.74, 6) is -0.578. The van der Waals surface area contributed by atoms with Gasteiger partial charge in [-0.25, -0.2) is 0 Å². The Balaban J connectivity index is 2.25. The molecule has 1 saturated heterocycles. The highest BCUT2D eigenvalue weighted by molar-refractivity contribution is 5.80. The number of amides is 1. The van der Waals surface area contributed by atoms with E-state index in [9.17, 15) is 35.4 Å². The van der Waals surface area contributed by atoms with E-state index in [0.29, 0.717) is 12.8 Å². The van der Waals surface area contributed by atoms with Gasteiger partial charge in [0, 0.05) is 0 Å². The first kappa shape index (κ1) is 58.2. The van der Waals surface area contributed by atoms with Crippen LogP contribution >= 0.6 is 0 Å². The summed E-state index contributed by atoms with van der Waals surface area (Å²) in [5.41, 5.74) is 0. The molecule has 0 radical (unpaired) electrons. The van der Waals surface area contributed by atoms with E-state index < -0.39 is 61.5 Å². The minimum absolute atomic E-state index is 0.250. The highest BCUT2D eigenvalue weighted by Gasteiger charge is 2.44. The molecule has 0 aromatic rings. The lowest BCUT2D eigenvalue weighted by Gasteiger charge is -2.40. The Bertz CT molecular complexity index is 942. The van der Waals surface area contributed by atoms with Crippen LogP contribution in [0.4, 0.5) is 0 Å². The Kier molecular flexibility index (Phi) is 39.9. The topological polar surface area (TPSA) is 169 Å². The van der Waals surface area contributed by atoms with Gasteiger partial charge in [-0.15, -0.1) is 0 Å². The molecule has 8 atom stereocenters. The molecule has 0 bridgehead atoms. The van der Waals surface area contributed by atoms with Gasteiger partial charge in [-0.3, -0.25) is 4.79 Å². The molecule has 0 aromatic heterocycles. The van der Waals surface area contributed by atoms with Gasteiger partial charge < -0.3 is 45.4 Å². The van der Waals surface area contributed by atoms with Gasteiger partial charge in [0.05, 0.1) is 25.4 Å². The molecule has 10 heteroatoms. The van der Waals surface area contributed by atoms with Crippen LogP contribution in [0.15, 0.2) is 0 Å². The summed E-state index contributed by atoms with van der Waals surface area (Å²) in [5, 5.41) is 65.0. The summed E-state index contributed by atoms with van der Waals surface area (Å²) in [6.07, 6.45) is 37.3. The number of unbranched alkanes of at least 4 members (excludes halogenated alkanes) is 34. The van der Waals surface area contributed by atoms with E-state index in [1.165, 1.54) is 186 Å². The average Bonchev–Trinajstić information content (AvgIpc) is 3.26. The van der Waals surface area contributed by atoms with Crippen LogP contribution in [0.3, 0.4) is 0 Å². The minimum atomic E-state index is -1.59. The summed E-state index contributed by atoms with van der Waals surface area (Å²) >= 11 is 0. The fourth-order valence-corrected chi connectivity index (χ4v) is 8.76. The molecule has 1 rings (SSSR count). The summed E-state index contributed by atoms with van der Waals surface area (Å²) in [6, 6.07) is -0.888. The lowest BCUT2D eigenvalue weighted by atomic mass is 9.99. The number of carbonyl (C=O) groups excluding carboxylic acids is 1. The number of hydrogen-bond donors (Lipinski definition) is 7. The van der Waals surface area contributed by atoms with Crippen molar-refractivity contribution in [1.29, 1.82) is 0 Å². The van der Waals surface area contributed by atoms with Crippen LogP contribution in [-0.4, -0.2) is 98.7 Å². The lowest BCUT2D eigenvalue weighted by molar-refractivity contribution is -0.302. The predicted octanol–water partition coefficient (Wildman–Crippen LogP) is 10.9. The second kappa shape index (κ2) is 41.8.